The second-order valence-corrected chi connectivity index (χ2v) is 7.93. The van der Waals surface area contributed by atoms with Crippen LogP contribution >= 0.6 is 0 Å². The van der Waals surface area contributed by atoms with E-state index in [0.717, 1.165) is 5.39 Å². The summed E-state index contributed by atoms with van der Waals surface area (Å²) in [5, 5.41) is 15.0. The van der Waals surface area contributed by atoms with E-state index >= 15 is 0 Å². The molecule has 1 atom stereocenters. The van der Waals surface area contributed by atoms with Gasteiger partial charge in [-0.15, -0.1) is 0 Å². The summed E-state index contributed by atoms with van der Waals surface area (Å²) < 4.78 is 24.7. The molecule has 1 unspecified atom stereocenters. The van der Waals surface area contributed by atoms with Gasteiger partial charge in [0.1, 0.15) is 22.7 Å². The molecule has 0 saturated carbocycles. The highest BCUT2D eigenvalue weighted by Gasteiger charge is 2.20. The Labute approximate surface area is 207 Å². The minimum atomic E-state index is -0.365. The number of H-pyrrole nitrogens is 1. The maximum absolute atomic E-state index is 13.6. The van der Waals surface area contributed by atoms with Crippen molar-refractivity contribution in [3.8, 4) is 11.4 Å². The smallest absolute Gasteiger partial charge is 0.255 e. The van der Waals surface area contributed by atoms with Crippen molar-refractivity contribution in [1.82, 2.24) is 40.4 Å². The molecule has 2 N–H and O–H groups in total. The molecule has 13 heteroatoms. The summed E-state index contributed by atoms with van der Waals surface area (Å²) >= 11 is 0. The summed E-state index contributed by atoms with van der Waals surface area (Å²) in [5.41, 5.74) is 2.91. The first-order valence-corrected chi connectivity index (χ1v) is 11.0. The number of hydrogen-bond acceptors (Lipinski definition) is 9. The molecule has 0 spiro atoms. The maximum Gasteiger partial charge on any atom is 0.255 e. The minimum Gasteiger partial charge on any atom is -0.359 e. The highest BCUT2D eigenvalue weighted by molar-refractivity contribution is 6.05. The van der Waals surface area contributed by atoms with E-state index in [1.807, 2.05) is 0 Å². The quantitative estimate of drug-likeness (QED) is 0.336. The molecule has 6 aromatic rings. The zero-order chi connectivity index (χ0) is 25.9. The molecule has 12 nitrogen and oxygen atoms in total. The fraction of sp³-hybridized carbons (Fsp3) is 0.125. The predicted molar refractivity (Wildman–Crippen MR) is 128 cm³/mol. The first-order valence-electron chi connectivity index (χ1n) is 11.0. The number of aromatic nitrogens is 7. The van der Waals surface area contributed by atoms with Crippen LogP contribution < -0.4 is 5.32 Å². The van der Waals surface area contributed by atoms with E-state index in [2.05, 4.69) is 40.2 Å². The molecule has 0 fully saturated rings. The van der Waals surface area contributed by atoms with Gasteiger partial charge in [0.05, 0.1) is 35.7 Å². The van der Waals surface area contributed by atoms with Gasteiger partial charge in [0.15, 0.2) is 23.5 Å². The summed E-state index contributed by atoms with van der Waals surface area (Å²) in [6.07, 6.45) is 6.67. The molecule has 0 aliphatic heterocycles. The average Bonchev–Trinajstić information content (AvgIpc) is 3.71. The Hall–Kier alpha value is -5.20. The number of aromatic amines is 1. The Morgan fingerprint density at radius 1 is 1.19 bits per heavy atom. The molecule has 6 rings (SSSR count). The number of halogens is 1. The zero-order valence-corrected chi connectivity index (χ0v) is 19.5. The third kappa shape index (κ3) is 4.69. The summed E-state index contributed by atoms with van der Waals surface area (Å²) in [7, 11) is 1.73. The normalized spacial score (nSPS) is 11.8. The summed E-state index contributed by atoms with van der Waals surface area (Å²) in [6, 6.07) is 7.26. The number of fused-ring (bicyclic) bond motifs is 2. The van der Waals surface area contributed by atoms with E-state index in [1.54, 1.807) is 43.2 Å². The van der Waals surface area contributed by atoms with Crippen LogP contribution in [-0.4, -0.2) is 47.2 Å². The zero-order valence-electron chi connectivity index (χ0n) is 19.5. The van der Waals surface area contributed by atoms with Gasteiger partial charge in [-0.3, -0.25) is 14.3 Å². The fourth-order valence-electron chi connectivity index (χ4n) is 3.68. The van der Waals surface area contributed by atoms with Crippen molar-refractivity contribution in [2.45, 2.75) is 13.0 Å². The highest BCUT2D eigenvalue weighted by Crippen LogP contribution is 2.28. The van der Waals surface area contributed by atoms with Crippen LogP contribution in [0.1, 0.15) is 39.6 Å². The first kappa shape index (κ1) is 23.5. The second kappa shape index (κ2) is 9.81. The van der Waals surface area contributed by atoms with Crippen LogP contribution in [0.2, 0.25) is 0 Å². The number of carbonyl (C=O) groups is 2. The van der Waals surface area contributed by atoms with E-state index in [1.165, 1.54) is 30.6 Å². The van der Waals surface area contributed by atoms with Crippen LogP contribution in [-0.2, 0) is 7.05 Å². The van der Waals surface area contributed by atoms with Gasteiger partial charge in [-0.25, -0.2) is 14.4 Å². The lowest BCUT2D eigenvalue weighted by molar-refractivity contribution is 0.0935. The van der Waals surface area contributed by atoms with Crippen molar-refractivity contribution in [3.63, 3.8) is 0 Å². The van der Waals surface area contributed by atoms with Crippen molar-refractivity contribution >= 4 is 34.3 Å². The summed E-state index contributed by atoms with van der Waals surface area (Å²) in [5.74, 6) is 0.135. The Morgan fingerprint density at radius 3 is 2.70 bits per heavy atom. The van der Waals surface area contributed by atoms with E-state index < -0.39 is 0 Å². The Morgan fingerprint density at radius 2 is 2.00 bits per heavy atom. The van der Waals surface area contributed by atoms with Crippen LogP contribution in [0.15, 0.2) is 64.2 Å². The van der Waals surface area contributed by atoms with Crippen LogP contribution in [0.3, 0.4) is 0 Å². The number of carbonyl (C=O) groups excluding carboxylic acids is 2. The van der Waals surface area contributed by atoms with Crippen molar-refractivity contribution < 1.29 is 23.0 Å². The van der Waals surface area contributed by atoms with Gasteiger partial charge in [0, 0.05) is 30.8 Å². The van der Waals surface area contributed by atoms with E-state index in [0.29, 0.717) is 45.7 Å². The van der Waals surface area contributed by atoms with Gasteiger partial charge < -0.3 is 19.3 Å². The van der Waals surface area contributed by atoms with E-state index in [-0.39, 0.29) is 23.5 Å². The molecular weight excluding hydrogens is 483 g/mol. The van der Waals surface area contributed by atoms with Crippen LogP contribution in [0, 0.1) is 5.82 Å². The Kier molecular flexibility index (Phi) is 6.24. The molecule has 1 amide bonds. The summed E-state index contributed by atoms with van der Waals surface area (Å²) in [4.78, 5) is 34.5. The number of benzene rings is 1. The van der Waals surface area contributed by atoms with Crippen LogP contribution in [0.25, 0.3) is 33.5 Å². The second-order valence-electron chi connectivity index (χ2n) is 7.93. The molecule has 0 aliphatic rings. The van der Waals surface area contributed by atoms with Crippen LogP contribution in [0.4, 0.5) is 4.39 Å². The third-order valence-corrected chi connectivity index (χ3v) is 5.49. The minimum absolute atomic E-state index is 0.264. The van der Waals surface area contributed by atoms with Crippen molar-refractivity contribution in [2.24, 2.45) is 7.05 Å². The molecule has 1 aromatic carbocycles. The van der Waals surface area contributed by atoms with Gasteiger partial charge in [0.25, 0.3) is 5.91 Å². The molecule has 37 heavy (non-hydrogen) atoms. The maximum atomic E-state index is 13.6. The van der Waals surface area contributed by atoms with Gasteiger partial charge in [-0.05, 0) is 25.1 Å². The van der Waals surface area contributed by atoms with Gasteiger partial charge in [-0.1, -0.05) is 10.3 Å². The monoisotopic (exact) mass is 502 g/mol. The molecule has 0 saturated heterocycles. The largest absolute Gasteiger partial charge is 0.359 e. The number of aldehydes is 1. The highest BCUT2D eigenvalue weighted by atomic mass is 19.1. The average molecular weight is 502 g/mol. The van der Waals surface area contributed by atoms with Crippen molar-refractivity contribution in [3.05, 3.63) is 78.0 Å². The summed E-state index contributed by atoms with van der Waals surface area (Å²) in [6.45, 7) is 1.80. The first-order chi connectivity index (χ1) is 17.9. The number of hydrogen-bond donors (Lipinski definition) is 2. The Balaban J connectivity index is 0.000000348. The number of nitrogens with one attached hydrogen (secondary N) is 2. The van der Waals surface area contributed by atoms with E-state index in [4.69, 9.17) is 4.52 Å². The number of aryl methyl sites for hydroxylation is 1. The standard InChI is InChI=1S/C20H16FN7O2.C4H3NO2/c1-10(16-5-6-24-30-16)25-20(29)13-8-22-19-18(13)26-14(9-23-19)17-12-4-3-11(21)7-15(12)28(2)27-17;6-3-4-1-2-5-7-4/h3-10H,1-2H3,(H,22,23)(H,25,29);1-3H. The van der Waals surface area contributed by atoms with Crippen molar-refractivity contribution in [1.29, 1.82) is 0 Å². The van der Waals surface area contributed by atoms with Gasteiger partial charge >= 0.3 is 0 Å². The molecular formula is C24H19FN8O4. The number of nitrogens with zero attached hydrogens (tertiary/aromatic N) is 6. The lowest BCUT2D eigenvalue weighted by Crippen LogP contribution is -2.26. The van der Waals surface area contributed by atoms with Gasteiger partial charge in [0.2, 0.25) is 0 Å². The molecule has 186 valence electrons. The molecule has 5 aromatic heterocycles. The fourth-order valence-corrected chi connectivity index (χ4v) is 3.68. The van der Waals surface area contributed by atoms with Crippen molar-refractivity contribution in [2.75, 3.05) is 0 Å². The number of rotatable bonds is 5. The van der Waals surface area contributed by atoms with Gasteiger partial charge in [-0.2, -0.15) is 5.10 Å². The lowest BCUT2D eigenvalue weighted by atomic mass is 10.1. The SMILES string of the molecule is CC(NC(=O)c1c[nH]c2ncc(-c3nn(C)c4cc(F)ccc34)nc12)c1ccno1.O=Cc1ccno1. The molecule has 0 bridgehead atoms. The molecule has 0 aliphatic carbocycles. The van der Waals surface area contributed by atoms with Crippen LogP contribution in [0.5, 0.6) is 0 Å². The Bertz CT molecular complexity index is 1690. The number of amides is 1. The van der Waals surface area contributed by atoms with E-state index in [9.17, 15) is 14.0 Å². The predicted octanol–water partition coefficient (Wildman–Crippen LogP) is 3.62. The third-order valence-electron chi connectivity index (χ3n) is 5.49. The lowest BCUT2D eigenvalue weighted by Gasteiger charge is -2.09. The topological polar surface area (TPSA) is 158 Å². The molecule has 5 heterocycles. The molecule has 0 radical (unpaired) electrons.